The Morgan fingerprint density at radius 2 is 1.84 bits per heavy atom. The van der Waals surface area contributed by atoms with Crippen molar-refractivity contribution in [3.8, 4) is 0 Å². The summed E-state index contributed by atoms with van der Waals surface area (Å²) >= 11 is 6.15. The summed E-state index contributed by atoms with van der Waals surface area (Å²) in [4.78, 5) is 31.1. The number of amides is 2. The van der Waals surface area contributed by atoms with Crippen LogP contribution in [0.5, 0.6) is 0 Å². The fourth-order valence-electron chi connectivity index (χ4n) is 4.03. The maximum Gasteiger partial charge on any atom is 0.253 e. The van der Waals surface area contributed by atoms with Crippen LogP contribution in [-0.2, 0) is 4.79 Å². The summed E-state index contributed by atoms with van der Waals surface area (Å²) in [6, 6.07) is 14.5. The van der Waals surface area contributed by atoms with Gasteiger partial charge in [-0.05, 0) is 36.1 Å². The summed E-state index contributed by atoms with van der Waals surface area (Å²) in [7, 11) is 0. The minimum atomic E-state index is -0.605. The molecule has 2 N–H and O–H groups in total. The van der Waals surface area contributed by atoms with Crippen LogP contribution in [0.3, 0.4) is 0 Å². The van der Waals surface area contributed by atoms with E-state index in [1.54, 1.807) is 24.3 Å². The molecule has 6 heteroatoms. The van der Waals surface area contributed by atoms with Gasteiger partial charge in [0.2, 0.25) is 5.91 Å². The molecule has 0 fully saturated rings. The second-order valence-corrected chi connectivity index (χ2v) is 8.59. The van der Waals surface area contributed by atoms with Crippen LogP contribution in [-0.4, -0.2) is 40.8 Å². The Balaban J connectivity index is 1.48. The van der Waals surface area contributed by atoms with Crippen LogP contribution in [0.2, 0.25) is 5.02 Å². The molecule has 2 aromatic carbocycles. The molecule has 0 spiro atoms. The number of aromatic amines is 1. The van der Waals surface area contributed by atoms with Crippen molar-refractivity contribution in [1.82, 2.24) is 15.2 Å². The van der Waals surface area contributed by atoms with Crippen molar-refractivity contribution in [2.75, 3.05) is 13.1 Å². The molecule has 2 heterocycles. The monoisotopic (exact) mass is 435 g/mol. The van der Waals surface area contributed by atoms with Crippen LogP contribution in [0, 0.1) is 5.92 Å². The first-order valence-electron chi connectivity index (χ1n) is 10.6. The van der Waals surface area contributed by atoms with E-state index in [-0.39, 0.29) is 17.7 Å². The molecule has 3 aromatic rings. The summed E-state index contributed by atoms with van der Waals surface area (Å²) in [5.41, 5.74) is 3.92. The number of carbonyl (C=O) groups excluding carboxylic acids is 2. The van der Waals surface area contributed by atoms with Crippen LogP contribution in [0.25, 0.3) is 16.5 Å². The van der Waals surface area contributed by atoms with E-state index in [2.05, 4.69) is 28.5 Å². The Labute approximate surface area is 187 Å². The number of H-pyrrole nitrogens is 1. The fraction of sp³-hybridized carbons (Fsp3) is 0.280. The summed E-state index contributed by atoms with van der Waals surface area (Å²) < 4.78 is 0. The second-order valence-electron chi connectivity index (χ2n) is 8.19. The quantitative estimate of drug-likeness (QED) is 0.599. The van der Waals surface area contributed by atoms with Gasteiger partial charge in [-0.2, -0.15) is 0 Å². The van der Waals surface area contributed by atoms with Gasteiger partial charge in [-0.15, -0.1) is 0 Å². The molecule has 0 radical (unpaired) electrons. The molecule has 1 aliphatic heterocycles. The van der Waals surface area contributed by atoms with Gasteiger partial charge in [0.05, 0.1) is 10.6 Å². The van der Waals surface area contributed by atoms with Crippen LogP contribution < -0.4 is 5.32 Å². The Hall–Kier alpha value is -3.05. The van der Waals surface area contributed by atoms with Crippen molar-refractivity contribution in [3.63, 3.8) is 0 Å². The van der Waals surface area contributed by atoms with Crippen molar-refractivity contribution in [1.29, 1.82) is 0 Å². The maximum atomic E-state index is 13.2. The molecule has 1 unspecified atom stereocenters. The number of hydrogen-bond acceptors (Lipinski definition) is 2. The molecule has 31 heavy (non-hydrogen) atoms. The third-order valence-electron chi connectivity index (χ3n) is 5.79. The van der Waals surface area contributed by atoms with E-state index in [1.165, 1.54) is 16.5 Å². The van der Waals surface area contributed by atoms with E-state index < -0.39 is 6.04 Å². The molecule has 1 aliphatic rings. The number of aromatic nitrogens is 1. The molecular weight excluding hydrogens is 410 g/mol. The number of para-hydroxylation sites is 1. The van der Waals surface area contributed by atoms with Crippen molar-refractivity contribution in [2.45, 2.75) is 26.3 Å². The third-order valence-corrected chi connectivity index (χ3v) is 6.12. The highest BCUT2D eigenvalue weighted by atomic mass is 35.5. The van der Waals surface area contributed by atoms with E-state index in [9.17, 15) is 9.59 Å². The largest absolute Gasteiger partial charge is 0.361 e. The summed E-state index contributed by atoms with van der Waals surface area (Å²) in [6.45, 7) is 5.02. The lowest BCUT2D eigenvalue weighted by atomic mass is 9.97. The number of halogens is 1. The number of benzene rings is 2. The molecule has 5 nitrogen and oxygen atoms in total. The third kappa shape index (κ3) is 4.37. The number of nitrogens with zero attached hydrogens (tertiary/aromatic N) is 1. The van der Waals surface area contributed by atoms with Gasteiger partial charge in [-0.1, -0.05) is 61.9 Å². The Bertz CT molecular complexity index is 1150. The highest BCUT2D eigenvalue weighted by Crippen LogP contribution is 2.29. The fourth-order valence-corrected chi connectivity index (χ4v) is 4.25. The lowest BCUT2D eigenvalue weighted by molar-refractivity contribution is -0.133. The highest BCUT2D eigenvalue weighted by Gasteiger charge is 2.30. The molecule has 1 aromatic heterocycles. The molecule has 4 rings (SSSR count). The number of rotatable bonds is 5. The van der Waals surface area contributed by atoms with Gasteiger partial charge in [0.15, 0.2) is 0 Å². The number of nitrogens with one attached hydrogen (secondary N) is 2. The van der Waals surface area contributed by atoms with Crippen LogP contribution >= 0.6 is 11.6 Å². The minimum absolute atomic E-state index is 0.0436. The number of carbonyl (C=O) groups is 2. The zero-order chi connectivity index (χ0) is 22.0. The molecule has 0 saturated heterocycles. The topological polar surface area (TPSA) is 65.2 Å². The van der Waals surface area contributed by atoms with Gasteiger partial charge >= 0.3 is 0 Å². The van der Waals surface area contributed by atoms with E-state index in [0.717, 1.165) is 11.9 Å². The van der Waals surface area contributed by atoms with E-state index in [4.69, 9.17) is 11.6 Å². The zero-order valence-corrected chi connectivity index (χ0v) is 18.4. The van der Waals surface area contributed by atoms with Crippen molar-refractivity contribution >= 4 is 39.9 Å². The average molecular weight is 436 g/mol. The van der Waals surface area contributed by atoms with Gasteiger partial charge in [-0.25, -0.2) is 0 Å². The van der Waals surface area contributed by atoms with Gasteiger partial charge in [0.25, 0.3) is 5.91 Å². The lowest BCUT2D eigenvalue weighted by Gasteiger charge is -2.32. The maximum absolute atomic E-state index is 13.2. The second kappa shape index (κ2) is 8.98. The minimum Gasteiger partial charge on any atom is -0.361 e. The molecular formula is C25H26ClN3O2. The van der Waals surface area contributed by atoms with Crippen molar-refractivity contribution < 1.29 is 9.59 Å². The SMILES string of the molecule is CC(C)C(NC(=O)c1ccccc1Cl)C(=O)N1CC=C(c2c[nH]c3ccccc23)CC1. The van der Waals surface area contributed by atoms with Crippen LogP contribution in [0.15, 0.2) is 60.8 Å². The Morgan fingerprint density at radius 3 is 2.55 bits per heavy atom. The van der Waals surface area contributed by atoms with Gasteiger partial charge in [0, 0.05) is 35.8 Å². The van der Waals surface area contributed by atoms with E-state index in [0.29, 0.717) is 23.7 Å². The molecule has 1 atom stereocenters. The summed E-state index contributed by atoms with van der Waals surface area (Å²) in [5, 5.41) is 4.46. The summed E-state index contributed by atoms with van der Waals surface area (Å²) in [6.07, 6.45) is 4.93. The highest BCUT2D eigenvalue weighted by molar-refractivity contribution is 6.33. The first kappa shape index (κ1) is 21.2. The van der Waals surface area contributed by atoms with Crippen molar-refractivity contribution in [3.05, 3.63) is 77.0 Å². The average Bonchev–Trinajstić information content (AvgIpc) is 3.21. The zero-order valence-electron chi connectivity index (χ0n) is 17.7. The summed E-state index contributed by atoms with van der Waals surface area (Å²) in [5.74, 6) is -0.438. The first-order valence-corrected chi connectivity index (χ1v) is 10.9. The lowest BCUT2D eigenvalue weighted by Crippen LogP contribution is -2.52. The Morgan fingerprint density at radius 1 is 1.10 bits per heavy atom. The van der Waals surface area contributed by atoms with E-state index in [1.807, 2.05) is 37.1 Å². The molecule has 0 bridgehead atoms. The standard InChI is InChI=1S/C25H26ClN3O2/c1-16(2)23(28-24(30)19-8-3-5-9-21(19)26)25(31)29-13-11-17(12-14-29)20-15-27-22-10-6-4-7-18(20)22/h3-11,15-16,23,27H,12-14H2,1-2H3,(H,28,30). The molecule has 0 saturated carbocycles. The predicted octanol–water partition coefficient (Wildman–Crippen LogP) is 4.89. The smallest absolute Gasteiger partial charge is 0.253 e. The molecule has 0 aliphatic carbocycles. The van der Waals surface area contributed by atoms with Gasteiger partial charge < -0.3 is 15.2 Å². The Kier molecular flexibility index (Phi) is 6.14. The number of fused-ring (bicyclic) bond motifs is 1. The van der Waals surface area contributed by atoms with Gasteiger partial charge in [0.1, 0.15) is 6.04 Å². The first-order chi connectivity index (χ1) is 15.0. The van der Waals surface area contributed by atoms with E-state index >= 15 is 0 Å². The van der Waals surface area contributed by atoms with Crippen LogP contribution in [0.1, 0.15) is 36.2 Å². The molecule has 2 amide bonds. The van der Waals surface area contributed by atoms with Crippen LogP contribution in [0.4, 0.5) is 0 Å². The number of hydrogen-bond donors (Lipinski definition) is 2. The van der Waals surface area contributed by atoms with Gasteiger partial charge in [-0.3, -0.25) is 9.59 Å². The normalized spacial score (nSPS) is 15.1. The van der Waals surface area contributed by atoms with Crippen molar-refractivity contribution in [2.24, 2.45) is 5.92 Å². The molecule has 160 valence electrons. The predicted molar refractivity (Wildman–Crippen MR) is 125 cm³/mol.